The van der Waals surface area contributed by atoms with Crippen molar-refractivity contribution >= 4 is 35.8 Å². The molecular formula is C22H38N4O9. The highest BCUT2D eigenvalue weighted by atomic mass is 16.6. The largest absolute Gasteiger partial charge is 0.461 e. The quantitative estimate of drug-likeness (QED) is 0.152. The van der Waals surface area contributed by atoms with Crippen LogP contribution in [-0.2, 0) is 38.2 Å². The Kier molecular flexibility index (Phi) is 14.0. The third-order valence-corrected chi connectivity index (χ3v) is 4.25. The normalized spacial score (nSPS) is 13.3. The lowest BCUT2D eigenvalue weighted by Crippen LogP contribution is -2.52. The van der Waals surface area contributed by atoms with Gasteiger partial charge in [0.25, 0.3) is 0 Å². The standard InChI is InChI=1S/C22H38N4O9/c1-8-13(3)33-19(30)18(20(31)34-14(4)9-2)26-17(29)12-24-15(27)10-23-16(28)11-25-21(32)35-22(5,6)7/h13-14,18H,8-12H2,1-7H3,(H,23,28)(H,24,27)(H,25,32)(H,26,29). The van der Waals surface area contributed by atoms with Crippen molar-refractivity contribution in [2.45, 2.75) is 85.2 Å². The van der Waals surface area contributed by atoms with Gasteiger partial charge in [0.05, 0.1) is 25.3 Å². The number of carbonyl (C=O) groups excluding carboxylic acids is 6. The third kappa shape index (κ3) is 15.2. The lowest BCUT2D eigenvalue weighted by molar-refractivity contribution is -0.165. The first-order valence-corrected chi connectivity index (χ1v) is 11.4. The first-order chi connectivity index (χ1) is 16.2. The van der Waals surface area contributed by atoms with Crippen molar-refractivity contribution < 1.29 is 43.0 Å². The molecule has 4 N–H and O–H groups in total. The van der Waals surface area contributed by atoms with Gasteiger partial charge in [-0.3, -0.25) is 14.4 Å². The van der Waals surface area contributed by atoms with E-state index in [2.05, 4.69) is 21.3 Å². The van der Waals surface area contributed by atoms with Crippen molar-refractivity contribution in [1.82, 2.24) is 21.3 Å². The van der Waals surface area contributed by atoms with E-state index in [1.54, 1.807) is 48.5 Å². The Labute approximate surface area is 205 Å². The smallest absolute Gasteiger partial charge is 0.408 e. The number of alkyl carbamates (subject to hydrolysis) is 1. The van der Waals surface area contributed by atoms with E-state index in [1.165, 1.54) is 0 Å². The lowest BCUT2D eigenvalue weighted by Gasteiger charge is -2.21. The second-order valence-corrected chi connectivity index (χ2v) is 8.72. The Hall–Kier alpha value is -3.38. The summed E-state index contributed by atoms with van der Waals surface area (Å²) in [5, 5.41) is 8.93. The molecule has 0 aliphatic carbocycles. The van der Waals surface area contributed by atoms with E-state index < -0.39 is 79.2 Å². The average molecular weight is 503 g/mol. The highest BCUT2D eigenvalue weighted by Crippen LogP contribution is 2.06. The SMILES string of the molecule is CCC(C)OC(=O)C(NC(=O)CNC(=O)CNC(=O)CNC(=O)OC(C)(C)C)C(=O)OC(C)CC. The molecular weight excluding hydrogens is 464 g/mol. The van der Waals surface area contributed by atoms with Crippen LogP contribution in [0.1, 0.15) is 61.3 Å². The molecule has 0 spiro atoms. The maximum atomic E-state index is 12.3. The highest BCUT2D eigenvalue weighted by Gasteiger charge is 2.33. The first kappa shape index (κ1) is 31.6. The van der Waals surface area contributed by atoms with E-state index in [1.807, 2.05) is 0 Å². The predicted octanol–water partition coefficient (Wildman–Crippen LogP) is -0.0883. The number of hydrogen-bond acceptors (Lipinski definition) is 9. The van der Waals surface area contributed by atoms with Gasteiger partial charge < -0.3 is 35.5 Å². The van der Waals surface area contributed by atoms with E-state index in [0.29, 0.717) is 12.8 Å². The Morgan fingerprint density at radius 1 is 0.686 bits per heavy atom. The van der Waals surface area contributed by atoms with Gasteiger partial charge >= 0.3 is 18.0 Å². The minimum absolute atomic E-state index is 0.416. The number of amides is 4. The van der Waals surface area contributed by atoms with E-state index in [-0.39, 0.29) is 0 Å². The zero-order valence-electron chi connectivity index (χ0n) is 21.4. The lowest BCUT2D eigenvalue weighted by atomic mass is 10.2. The summed E-state index contributed by atoms with van der Waals surface area (Å²) in [6.45, 7) is 10.4. The fourth-order valence-electron chi connectivity index (χ4n) is 2.07. The average Bonchev–Trinajstić information content (AvgIpc) is 2.76. The van der Waals surface area contributed by atoms with Crippen LogP contribution < -0.4 is 21.3 Å². The Balaban J connectivity index is 4.64. The summed E-state index contributed by atoms with van der Waals surface area (Å²) < 4.78 is 15.2. The second kappa shape index (κ2) is 15.5. The molecule has 13 heteroatoms. The molecule has 13 nitrogen and oxygen atoms in total. The van der Waals surface area contributed by atoms with Crippen molar-refractivity contribution in [1.29, 1.82) is 0 Å². The number of ether oxygens (including phenoxy) is 3. The molecule has 0 radical (unpaired) electrons. The maximum Gasteiger partial charge on any atom is 0.408 e. The van der Waals surface area contributed by atoms with E-state index in [0.717, 1.165) is 0 Å². The van der Waals surface area contributed by atoms with Crippen LogP contribution in [0.3, 0.4) is 0 Å². The van der Waals surface area contributed by atoms with Gasteiger partial charge in [0.2, 0.25) is 23.8 Å². The summed E-state index contributed by atoms with van der Waals surface area (Å²) in [4.78, 5) is 72.1. The molecule has 0 rings (SSSR count). The maximum absolute atomic E-state index is 12.3. The van der Waals surface area contributed by atoms with Crippen LogP contribution >= 0.6 is 0 Å². The zero-order valence-corrected chi connectivity index (χ0v) is 21.4. The van der Waals surface area contributed by atoms with Crippen LogP contribution in [0.4, 0.5) is 4.79 Å². The van der Waals surface area contributed by atoms with Gasteiger partial charge in [-0.2, -0.15) is 0 Å². The van der Waals surface area contributed by atoms with Gasteiger partial charge in [0.1, 0.15) is 12.1 Å². The molecule has 0 aromatic heterocycles. The molecule has 4 amide bonds. The van der Waals surface area contributed by atoms with Gasteiger partial charge in [-0.25, -0.2) is 14.4 Å². The Morgan fingerprint density at radius 2 is 1.09 bits per heavy atom. The molecule has 0 saturated carbocycles. The highest BCUT2D eigenvalue weighted by molar-refractivity contribution is 6.03. The number of carbonyl (C=O) groups is 6. The van der Waals surface area contributed by atoms with Crippen LogP contribution in [-0.4, -0.2) is 79.2 Å². The molecule has 0 fully saturated rings. The van der Waals surface area contributed by atoms with Gasteiger partial charge in [0, 0.05) is 0 Å². The third-order valence-electron chi connectivity index (χ3n) is 4.25. The topological polar surface area (TPSA) is 178 Å². The molecule has 0 heterocycles. The van der Waals surface area contributed by atoms with Gasteiger partial charge in [-0.05, 0) is 47.5 Å². The number of hydrogen-bond donors (Lipinski definition) is 4. The Bertz CT molecular complexity index is 741. The molecule has 0 aliphatic heterocycles. The van der Waals surface area contributed by atoms with Crippen molar-refractivity contribution in [3.63, 3.8) is 0 Å². The van der Waals surface area contributed by atoms with Crippen LogP contribution in [0.2, 0.25) is 0 Å². The van der Waals surface area contributed by atoms with E-state index in [4.69, 9.17) is 14.2 Å². The second-order valence-electron chi connectivity index (χ2n) is 8.72. The van der Waals surface area contributed by atoms with Crippen LogP contribution in [0, 0.1) is 0 Å². The summed E-state index contributed by atoms with van der Waals surface area (Å²) in [6.07, 6.45) is -0.746. The van der Waals surface area contributed by atoms with Crippen LogP contribution in [0.5, 0.6) is 0 Å². The van der Waals surface area contributed by atoms with Crippen LogP contribution in [0.25, 0.3) is 0 Å². The van der Waals surface area contributed by atoms with Gasteiger partial charge in [-0.15, -0.1) is 0 Å². The Morgan fingerprint density at radius 3 is 1.49 bits per heavy atom. The summed E-state index contributed by atoms with van der Waals surface area (Å²) in [7, 11) is 0. The van der Waals surface area contributed by atoms with Crippen molar-refractivity contribution in [3.05, 3.63) is 0 Å². The minimum Gasteiger partial charge on any atom is -0.461 e. The first-order valence-electron chi connectivity index (χ1n) is 11.4. The molecule has 0 aromatic rings. The summed E-state index contributed by atoms with van der Waals surface area (Å²) in [5.41, 5.74) is -0.726. The van der Waals surface area contributed by atoms with Crippen LogP contribution in [0.15, 0.2) is 0 Å². The zero-order chi connectivity index (χ0) is 27.2. The molecule has 35 heavy (non-hydrogen) atoms. The molecule has 200 valence electrons. The molecule has 0 bridgehead atoms. The summed E-state index contributed by atoms with van der Waals surface area (Å²) in [6, 6.07) is -1.69. The van der Waals surface area contributed by atoms with E-state index in [9.17, 15) is 28.8 Å². The minimum atomic E-state index is -1.69. The van der Waals surface area contributed by atoms with Crippen molar-refractivity contribution in [2.24, 2.45) is 0 Å². The van der Waals surface area contributed by atoms with Gasteiger partial charge in [0.15, 0.2) is 0 Å². The molecule has 0 saturated heterocycles. The monoisotopic (exact) mass is 502 g/mol. The molecule has 0 aliphatic rings. The summed E-state index contributed by atoms with van der Waals surface area (Å²) in [5.74, 6) is -4.17. The number of esters is 2. The fourth-order valence-corrected chi connectivity index (χ4v) is 2.07. The van der Waals surface area contributed by atoms with Crippen molar-refractivity contribution in [3.8, 4) is 0 Å². The molecule has 0 aromatic carbocycles. The fraction of sp³-hybridized carbons (Fsp3) is 0.727. The number of nitrogens with one attached hydrogen (secondary N) is 4. The summed E-state index contributed by atoms with van der Waals surface area (Å²) >= 11 is 0. The van der Waals surface area contributed by atoms with Crippen molar-refractivity contribution in [2.75, 3.05) is 19.6 Å². The van der Waals surface area contributed by atoms with Gasteiger partial charge in [-0.1, -0.05) is 13.8 Å². The molecule has 2 unspecified atom stereocenters. The molecule has 2 atom stereocenters. The predicted molar refractivity (Wildman–Crippen MR) is 124 cm³/mol. The van der Waals surface area contributed by atoms with E-state index >= 15 is 0 Å². The number of rotatable bonds is 13.